The maximum atomic E-state index is 12.9. The first-order valence-corrected chi connectivity index (χ1v) is 8.19. The zero-order valence-electron chi connectivity index (χ0n) is 15.2. The molecule has 2 aromatic rings. The number of rotatable bonds is 8. The summed E-state index contributed by atoms with van der Waals surface area (Å²) in [4.78, 5) is 25.5. The van der Waals surface area contributed by atoms with Crippen LogP contribution in [0.2, 0.25) is 0 Å². The van der Waals surface area contributed by atoms with E-state index in [1.54, 1.807) is 0 Å². The fourth-order valence-electron chi connectivity index (χ4n) is 2.36. The molecule has 0 aromatic heterocycles. The molecule has 150 valence electrons. The molecule has 0 unspecified atom stereocenters. The Morgan fingerprint density at radius 1 is 1.11 bits per heavy atom. The fourth-order valence-corrected chi connectivity index (χ4v) is 2.36. The monoisotopic (exact) mass is 396 g/mol. The van der Waals surface area contributed by atoms with Crippen molar-refractivity contribution >= 4 is 11.8 Å². The summed E-state index contributed by atoms with van der Waals surface area (Å²) in [5, 5.41) is 2.46. The average molecular weight is 396 g/mol. The van der Waals surface area contributed by atoms with Crippen LogP contribution < -0.4 is 14.8 Å². The molecule has 9 heteroatoms. The van der Waals surface area contributed by atoms with Crippen LogP contribution in [0.1, 0.15) is 15.9 Å². The molecule has 0 fully saturated rings. The topological polar surface area (TPSA) is 67.9 Å². The van der Waals surface area contributed by atoms with E-state index in [-0.39, 0.29) is 36.1 Å². The molecule has 2 rings (SSSR count). The van der Waals surface area contributed by atoms with Gasteiger partial charge in [-0.25, -0.2) is 4.39 Å². The van der Waals surface area contributed by atoms with E-state index in [0.717, 1.165) is 12.1 Å². The summed E-state index contributed by atoms with van der Waals surface area (Å²) in [5.41, 5.74) is 0.857. The number of carbonyl (C=O) groups is 2. The van der Waals surface area contributed by atoms with E-state index in [0.29, 0.717) is 5.56 Å². The van der Waals surface area contributed by atoms with Crippen LogP contribution in [0.5, 0.6) is 11.5 Å². The number of hydrogen-bond donors (Lipinski definition) is 1. The van der Waals surface area contributed by atoms with Crippen LogP contribution in [0.15, 0.2) is 42.5 Å². The van der Waals surface area contributed by atoms with Gasteiger partial charge in [-0.15, -0.1) is 0 Å². The van der Waals surface area contributed by atoms with Gasteiger partial charge in [0.1, 0.15) is 5.82 Å². The van der Waals surface area contributed by atoms with Gasteiger partial charge in [-0.05, 0) is 42.0 Å². The van der Waals surface area contributed by atoms with Crippen molar-refractivity contribution < 1.29 is 32.2 Å². The molecule has 0 saturated heterocycles. The number of methoxy groups -OCH3 is 1. The van der Waals surface area contributed by atoms with Crippen molar-refractivity contribution in [3.05, 3.63) is 59.4 Å². The predicted molar refractivity (Wildman–Crippen MR) is 94.8 cm³/mol. The van der Waals surface area contributed by atoms with Crippen molar-refractivity contribution in [2.24, 2.45) is 0 Å². The summed E-state index contributed by atoms with van der Waals surface area (Å²) in [6, 6.07) is 9.27. The van der Waals surface area contributed by atoms with Crippen LogP contribution in [0.4, 0.5) is 13.2 Å². The number of nitrogens with zero attached hydrogens (tertiary/aromatic N) is 1. The van der Waals surface area contributed by atoms with Crippen LogP contribution in [0, 0.1) is 5.82 Å². The van der Waals surface area contributed by atoms with Gasteiger partial charge in [-0.1, -0.05) is 6.07 Å². The van der Waals surface area contributed by atoms with Crippen molar-refractivity contribution in [3.8, 4) is 11.5 Å². The number of halogens is 3. The number of alkyl halides is 2. The highest BCUT2D eigenvalue weighted by Gasteiger charge is 2.15. The quantitative estimate of drug-likeness (QED) is 0.745. The Labute approximate surface area is 159 Å². The first-order chi connectivity index (χ1) is 13.3. The number of likely N-dealkylation sites (N-methyl/N-ethyl adjacent to an activating group) is 1. The molecule has 0 aliphatic carbocycles. The first kappa shape index (κ1) is 21.1. The summed E-state index contributed by atoms with van der Waals surface area (Å²) in [5.74, 6) is -1.34. The number of hydrogen-bond acceptors (Lipinski definition) is 4. The molecule has 0 bridgehead atoms. The summed E-state index contributed by atoms with van der Waals surface area (Å²) < 4.78 is 47.0. The molecule has 0 aliphatic rings. The van der Waals surface area contributed by atoms with Crippen LogP contribution in [0.3, 0.4) is 0 Å². The van der Waals surface area contributed by atoms with E-state index < -0.39 is 18.3 Å². The van der Waals surface area contributed by atoms with Gasteiger partial charge in [0.05, 0.1) is 13.7 Å². The Balaban J connectivity index is 1.92. The summed E-state index contributed by atoms with van der Waals surface area (Å²) in [7, 11) is 2.85. The van der Waals surface area contributed by atoms with Gasteiger partial charge in [0.25, 0.3) is 5.91 Å². The molecule has 1 N–H and O–H groups in total. The Morgan fingerprint density at radius 2 is 1.79 bits per heavy atom. The molecule has 0 saturated carbocycles. The van der Waals surface area contributed by atoms with Crippen molar-refractivity contribution in [2.45, 2.75) is 13.2 Å². The highest BCUT2D eigenvalue weighted by atomic mass is 19.3. The number of nitrogens with one attached hydrogen (secondary N) is 1. The maximum Gasteiger partial charge on any atom is 0.387 e. The molecule has 0 radical (unpaired) electrons. The second kappa shape index (κ2) is 9.63. The molecular formula is C19H19F3N2O4. The highest BCUT2D eigenvalue weighted by molar-refractivity contribution is 5.96. The van der Waals surface area contributed by atoms with E-state index in [9.17, 15) is 22.8 Å². The predicted octanol–water partition coefficient (Wildman–Crippen LogP) is 2.82. The smallest absolute Gasteiger partial charge is 0.387 e. The van der Waals surface area contributed by atoms with Gasteiger partial charge in [-0.2, -0.15) is 8.78 Å². The first-order valence-electron chi connectivity index (χ1n) is 8.19. The number of ether oxygens (including phenoxy) is 2. The highest BCUT2D eigenvalue weighted by Crippen LogP contribution is 2.29. The maximum absolute atomic E-state index is 12.9. The lowest BCUT2D eigenvalue weighted by molar-refractivity contribution is -0.129. The van der Waals surface area contributed by atoms with Gasteiger partial charge < -0.3 is 19.7 Å². The van der Waals surface area contributed by atoms with E-state index in [4.69, 9.17) is 4.74 Å². The molecular weight excluding hydrogens is 377 g/mol. The van der Waals surface area contributed by atoms with Crippen LogP contribution in [-0.4, -0.2) is 44.0 Å². The van der Waals surface area contributed by atoms with Crippen molar-refractivity contribution in [2.75, 3.05) is 20.7 Å². The third-order valence-electron chi connectivity index (χ3n) is 3.80. The van der Waals surface area contributed by atoms with Crippen molar-refractivity contribution in [1.29, 1.82) is 0 Å². The largest absolute Gasteiger partial charge is 0.493 e. The van der Waals surface area contributed by atoms with Crippen LogP contribution >= 0.6 is 0 Å². The molecule has 0 aliphatic heterocycles. The Bertz CT molecular complexity index is 828. The number of amides is 2. The lowest BCUT2D eigenvalue weighted by Gasteiger charge is -2.19. The number of carbonyl (C=O) groups excluding carboxylic acids is 2. The Kier molecular flexibility index (Phi) is 7.25. The standard InChI is InChI=1S/C19H19F3N2O4/c1-24(11-12-3-8-15(28-19(21)22)16(9-12)27-2)17(25)10-23-18(26)13-4-6-14(20)7-5-13/h3-9,19H,10-11H2,1-2H3,(H,23,26). The summed E-state index contributed by atoms with van der Waals surface area (Å²) in [6.07, 6.45) is 0. The third kappa shape index (κ3) is 5.90. The molecule has 0 spiro atoms. The van der Waals surface area contributed by atoms with E-state index in [1.807, 2.05) is 0 Å². The zero-order valence-corrected chi connectivity index (χ0v) is 15.2. The molecule has 28 heavy (non-hydrogen) atoms. The molecule has 0 heterocycles. The Morgan fingerprint density at radius 3 is 2.39 bits per heavy atom. The SMILES string of the molecule is COc1cc(CN(C)C(=O)CNC(=O)c2ccc(F)cc2)ccc1OC(F)F. The van der Waals surface area contributed by atoms with Gasteiger partial charge >= 0.3 is 6.61 Å². The normalized spacial score (nSPS) is 10.5. The van der Waals surface area contributed by atoms with Gasteiger partial charge in [0, 0.05) is 19.2 Å². The summed E-state index contributed by atoms with van der Waals surface area (Å²) >= 11 is 0. The van der Waals surface area contributed by atoms with Crippen molar-refractivity contribution in [3.63, 3.8) is 0 Å². The van der Waals surface area contributed by atoms with E-state index in [1.165, 1.54) is 49.4 Å². The molecule has 2 aromatic carbocycles. The minimum absolute atomic E-state index is 0.109. The Hall–Kier alpha value is -3.23. The second-order valence-electron chi connectivity index (χ2n) is 5.80. The lowest BCUT2D eigenvalue weighted by Crippen LogP contribution is -2.37. The molecule has 6 nitrogen and oxygen atoms in total. The van der Waals surface area contributed by atoms with Crippen LogP contribution in [-0.2, 0) is 11.3 Å². The van der Waals surface area contributed by atoms with E-state index in [2.05, 4.69) is 10.1 Å². The minimum atomic E-state index is -2.98. The fraction of sp³-hybridized carbons (Fsp3) is 0.263. The second-order valence-corrected chi connectivity index (χ2v) is 5.80. The van der Waals surface area contributed by atoms with Gasteiger partial charge in [0.2, 0.25) is 5.91 Å². The zero-order chi connectivity index (χ0) is 20.7. The lowest BCUT2D eigenvalue weighted by atomic mass is 10.2. The minimum Gasteiger partial charge on any atom is -0.493 e. The van der Waals surface area contributed by atoms with Gasteiger partial charge in [0.15, 0.2) is 11.5 Å². The average Bonchev–Trinajstić information content (AvgIpc) is 2.67. The number of benzene rings is 2. The third-order valence-corrected chi connectivity index (χ3v) is 3.80. The molecule has 2 amide bonds. The molecule has 0 atom stereocenters. The van der Waals surface area contributed by atoms with Crippen LogP contribution in [0.25, 0.3) is 0 Å². The van der Waals surface area contributed by atoms with Gasteiger partial charge in [-0.3, -0.25) is 9.59 Å². The van der Waals surface area contributed by atoms with E-state index >= 15 is 0 Å². The summed E-state index contributed by atoms with van der Waals surface area (Å²) in [6.45, 7) is -3.07. The van der Waals surface area contributed by atoms with Crippen molar-refractivity contribution in [1.82, 2.24) is 10.2 Å².